The smallest absolute Gasteiger partial charge is 0.338 e. The maximum atomic E-state index is 14.1. The van der Waals surface area contributed by atoms with E-state index >= 15 is 0 Å². The van der Waals surface area contributed by atoms with E-state index in [4.69, 9.17) is 30.5 Å². The lowest BCUT2D eigenvalue weighted by atomic mass is 9.93. The van der Waals surface area contributed by atoms with Crippen molar-refractivity contribution in [2.45, 2.75) is 13.0 Å². The molecule has 0 fully saturated rings. The van der Waals surface area contributed by atoms with E-state index in [2.05, 4.69) is 0 Å². The number of nitrogens with zero attached hydrogens (tertiary/aromatic N) is 3. The number of hydrogen-bond donors (Lipinski definition) is 0. The Hall–Kier alpha value is -5.26. The number of esters is 1. The fourth-order valence-electron chi connectivity index (χ4n) is 5.06. The highest BCUT2D eigenvalue weighted by atomic mass is 35.5. The molecule has 1 atom stereocenters. The number of methoxy groups -OCH3 is 1. The lowest BCUT2D eigenvalue weighted by Crippen LogP contribution is -2.40. The Kier molecular flexibility index (Phi) is 8.20. The highest BCUT2D eigenvalue weighted by molar-refractivity contribution is 7.07. The van der Waals surface area contributed by atoms with Crippen LogP contribution in [0.25, 0.3) is 23.1 Å². The summed E-state index contributed by atoms with van der Waals surface area (Å²) in [5.74, 6) is 0.662. The van der Waals surface area contributed by atoms with E-state index in [1.54, 1.807) is 56.5 Å². The van der Waals surface area contributed by atoms with Crippen LogP contribution < -0.4 is 19.6 Å². The summed E-state index contributed by atoms with van der Waals surface area (Å²) < 4.78 is 18.6. The first-order valence-electron chi connectivity index (χ1n) is 13.8. The molecule has 0 N–H and O–H groups in total. The Morgan fingerprint density at radius 1 is 1.11 bits per heavy atom. The average Bonchev–Trinajstić information content (AvgIpc) is 3.64. The van der Waals surface area contributed by atoms with E-state index in [1.165, 1.54) is 22.8 Å². The van der Waals surface area contributed by atoms with Gasteiger partial charge in [-0.05, 0) is 42.8 Å². The predicted octanol–water partition coefficient (Wildman–Crippen LogP) is 5.77. The molecule has 2 aromatic heterocycles. The third-order valence-electron chi connectivity index (χ3n) is 7.13. The molecular weight excluding hydrogens is 618 g/mol. The van der Waals surface area contributed by atoms with Crippen molar-refractivity contribution in [1.82, 2.24) is 4.57 Å². The molecule has 0 saturated heterocycles. The first-order chi connectivity index (χ1) is 21.8. The number of carbonyl (C=O) groups is 1. The second kappa shape index (κ2) is 12.4. The van der Waals surface area contributed by atoms with Gasteiger partial charge in [0.05, 0.1) is 45.5 Å². The molecule has 0 saturated carbocycles. The van der Waals surface area contributed by atoms with Crippen LogP contribution in [0, 0.1) is 10.1 Å². The molecule has 6 rings (SSSR count). The van der Waals surface area contributed by atoms with Gasteiger partial charge in [0.2, 0.25) is 0 Å². The number of thiazole rings is 1. The van der Waals surface area contributed by atoms with Crippen molar-refractivity contribution in [1.29, 1.82) is 0 Å². The van der Waals surface area contributed by atoms with Crippen molar-refractivity contribution in [3.8, 4) is 17.1 Å². The van der Waals surface area contributed by atoms with Gasteiger partial charge in [-0.3, -0.25) is 19.5 Å². The molecule has 1 aliphatic rings. The first kappa shape index (κ1) is 29.8. The SMILES string of the molecule is CCOC(=O)C1=C(c2ccccc2)N=c2s/c(=C\c3ccc(-c4cc([N+](=O)[O-])ccc4Cl)o3)c(=O)n2[C@@H]1c1ccc(OC)cc1. The van der Waals surface area contributed by atoms with Gasteiger partial charge in [-0.15, -0.1) is 0 Å². The Bertz CT molecular complexity index is 2150. The van der Waals surface area contributed by atoms with Gasteiger partial charge in [-0.25, -0.2) is 9.79 Å². The van der Waals surface area contributed by atoms with Crippen LogP contribution in [-0.2, 0) is 9.53 Å². The van der Waals surface area contributed by atoms with Gasteiger partial charge in [0, 0.05) is 29.3 Å². The molecule has 0 spiro atoms. The molecule has 10 nitrogen and oxygen atoms in total. The van der Waals surface area contributed by atoms with E-state index in [1.807, 2.05) is 30.3 Å². The number of furan rings is 1. The maximum Gasteiger partial charge on any atom is 0.338 e. The number of benzene rings is 3. The number of non-ortho nitro benzene ring substituents is 1. The molecule has 45 heavy (non-hydrogen) atoms. The van der Waals surface area contributed by atoms with Crippen LogP contribution in [0.1, 0.15) is 29.9 Å². The third-order valence-corrected chi connectivity index (χ3v) is 8.44. The number of hydrogen-bond acceptors (Lipinski definition) is 9. The minimum Gasteiger partial charge on any atom is -0.497 e. The van der Waals surface area contributed by atoms with E-state index in [0.717, 1.165) is 11.3 Å². The monoisotopic (exact) mass is 641 g/mol. The minimum atomic E-state index is -0.848. The normalized spacial score (nSPS) is 14.6. The molecule has 0 amide bonds. The van der Waals surface area contributed by atoms with E-state index in [-0.39, 0.29) is 28.4 Å². The van der Waals surface area contributed by atoms with Crippen LogP contribution in [0.2, 0.25) is 5.02 Å². The van der Waals surface area contributed by atoms with Crippen LogP contribution >= 0.6 is 22.9 Å². The number of aromatic nitrogens is 1. The summed E-state index contributed by atoms with van der Waals surface area (Å²) in [4.78, 5) is 43.7. The van der Waals surface area contributed by atoms with Crippen molar-refractivity contribution >= 4 is 46.4 Å². The van der Waals surface area contributed by atoms with E-state index < -0.39 is 16.9 Å². The molecule has 0 bridgehead atoms. The van der Waals surface area contributed by atoms with Gasteiger partial charge >= 0.3 is 5.97 Å². The summed E-state index contributed by atoms with van der Waals surface area (Å²) >= 11 is 7.46. The Labute approximate surface area is 264 Å². The maximum absolute atomic E-state index is 14.1. The molecule has 0 unspecified atom stereocenters. The molecule has 3 aromatic carbocycles. The quantitative estimate of drug-likeness (QED) is 0.120. The molecule has 0 radical (unpaired) electrons. The number of ether oxygens (including phenoxy) is 2. The van der Waals surface area contributed by atoms with Crippen LogP contribution in [0.15, 0.2) is 105 Å². The van der Waals surface area contributed by atoms with Crippen molar-refractivity contribution in [3.05, 3.63) is 142 Å². The second-order valence-electron chi connectivity index (χ2n) is 9.83. The van der Waals surface area contributed by atoms with Crippen LogP contribution in [-0.4, -0.2) is 29.2 Å². The fraction of sp³-hybridized carbons (Fsp3) is 0.121. The molecule has 1 aliphatic heterocycles. The topological polar surface area (TPSA) is 126 Å². The number of carbonyl (C=O) groups excluding carboxylic acids is 1. The van der Waals surface area contributed by atoms with E-state index in [9.17, 15) is 19.7 Å². The zero-order valence-corrected chi connectivity index (χ0v) is 25.5. The van der Waals surface area contributed by atoms with Gasteiger partial charge < -0.3 is 13.9 Å². The van der Waals surface area contributed by atoms with Gasteiger partial charge in [0.1, 0.15) is 17.3 Å². The largest absolute Gasteiger partial charge is 0.497 e. The summed E-state index contributed by atoms with van der Waals surface area (Å²) in [7, 11) is 1.56. The van der Waals surface area contributed by atoms with E-state index in [0.29, 0.717) is 49.0 Å². The summed E-state index contributed by atoms with van der Waals surface area (Å²) in [6.07, 6.45) is 1.57. The van der Waals surface area contributed by atoms with Crippen molar-refractivity contribution < 1.29 is 23.6 Å². The summed E-state index contributed by atoms with van der Waals surface area (Å²) in [6.45, 7) is 1.86. The van der Waals surface area contributed by atoms with Crippen molar-refractivity contribution in [2.24, 2.45) is 4.99 Å². The zero-order chi connectivity index (χ0) is 31.7. The molecule has 5 aromatic rings. The number of fused-ring (bicyclic) bond motifs is 1. The van der Waals surface area contributed by atoms with Gasteiger partial charge in [0.25, 0.3) is 11.2 Å². The molecule has 226 valence electrons. The standard InChI is InChI=1S/C33H24ClN3O7S/c1-3-43-32(39)28-29(19-7-5-4-6-8-19)35-33-36(30(28)20-9-12-22(42-2)13-10-20)31(38)27(45-33)18-23-14-16-26(44-23)24-17-21(37(40)41)11-15-25(24)34/h4-18,30H,3H2,1-2H3/b27-18-/t30-/m1/s1. The lowest BCUT2D eigenvalue weighted by Gasteiger charge is -2.26. The molecule has 0 aliphatic carbocycles. The molecular formula is C33H24ClN3O7S. The summed E-state index contributed by atoms with van der Waals surface area (Å²) in [6, 6.07) is 22.9. The van der Waals surface area contributed by atoms with Gasteiger partial charge in [-0.2, -0.15) is 0 Å². The highest BCUT2D eigenvalue weighted by Gasteiger charge is 2.35. The third kappa shape index (κ3) is 5.70. The Balaban J connectivity index is 1.54. The minimum absolute atomic E-state index is 0.134. The van der Waals surface area contributed by atoms with Crippen molar-refractivity contribution in [2.75, 3.05) is 13.7 Å². The van der Waals surface area contributed by atoms with Crippen LogP contribution in [0.4, 0.5) is 5.69 Å². The Morgan fingerprint density at radius 3 is 2.56 bits per heavy atom. The molecule has 3 heterocycles. The zero-order valence-electron chi connectivity index (χ0n) is 23.9. The number of rotatable bonds is 8. The number of halogens is 1. The average molecular weight is 642 g/mol. The number of nitro groups is 1. The molecule has 12 heteroatoms. The van der Waals surface area contributed by atoms with Gasteiger partial charge in [0.15, 0.2) is 4.80 Å². The second-order valence-corrected chi connectivity index (χ2v) is 11.2. The van der Waals surface area contributed by atoms with Crippen molar-refractivity contribution in [3.63, 3.8) is 0 Å². The summed E-state index contributed by atoms with van der Waals surface area (Å²) in [5.41, 5.74) is 1.82. The summed E-state index contributed by atoms with van der Waals surface area (Å²) in [5, 5.41) is 11.6. The van der Waals surface area contributed by atoms with Crippen LogP contribution in [0.3, 0.4) is 0 Å². The highest BCUT2D eigenvalue weighted by Crippen LogP contribution is 2.36. The Morgan fingerprint density at radius 2 is 1.87 bits per heavy atom. The predicted molar refractivity (Wildman–Crippen MR) is 170 cm³/mol. The fourth-order valence-corrected chi connectivity index (χ4v) is 6.25. The first-order valence-corrected chi connectivity index (χ1v) is 14.9. The number of nitro benzene ring substituents is 1. The van der Waals surface area contributed by atoms with Crippen LogP contribution in [0.5, 0.6) is 5.75 Å². The lowest BCUT2D eigenvalue weighted by molar-refractivity contribution is -0.384. The van der Waals surface area contributed by atoms with Gasteiger partial charge in [-0.1, -0.05) is 65.4 Å².